The summed E-state index contributed by atoms with van der Waals surface area (Å²) in [4.78, 5) is 7.61. The topological polar surface area (TPSA) is 28.7 Å². The van der Waals surface area contributed by atoms with E-state index < -0.39 is 8.07 Å². The van der Waals surface area contributed by atoms with Gasteiger partial charge in [0.15, 0.2) is 0 Å². The molecule has 0 fully saturated rings. The molecule has 2 aromatic rings. The number of H-pyrrole nitrogens is 1. The molecular formula is C13H16N2Si. The Balaban J connectivity index is 2.42. The van der Waals surface area contributed by atoms with Crippen molar-refractivity contribution in [1.82, 2.24) is 9.97 Å². The van der Waals surface area contributed by atoms with Crippen molar-refractivity contribution < 1.29 is 0 Å². The molecule has 0 saturated heterocycles. The Hall–Kier alpha value is -1.53. The van der Waals surface area contributed by atoms with E-state index >= 15 is 0 Å². The fourth-order valence-corrected chi connectivity index (χ4v) is 1.99. The maximum absolute atomic E-state index is 4.41. The average Bonchev–Trinajstić information content (AvgIpc) is 2.52. The monoisotopic (exact) mass is 228 g/mol. The highest BCUT2D eigenvalue weighted by Crippen LogP contribution is 2.13. The van der Waals surface area contributed by atoms with E-state index in [-0.39, 0.29) is 0 Å². The minimum atomic E-state index is -1.29. The minimum absolute atomic E-state index is 0.949. The lowest BCUT2D eigenvalue weighted by Gasteiger charge is -2.03. The summed E-state index contributed by atoms with van der Waals surface area (Å²) < 4.78 is 0. The van der Waals surface area contributed by atoms with Gasteiger partial charge in [-0.1, -0.05) is 25.6 Å². The van der Waals surface area contributed by atoms with Gasteiger partial charge in [-0.15, -0.1) is 5.54 Å². The number of benzene rings is 1. The number of aryl methyl sites for hydroxylation is 1. The number of fused-ring (bicyclic) bond motifs is 1. The molecule has 2 nitrogen and oxygen atoms in total. The van der Waals surface area contributed by atoms with Crippen LogP contribution in [0.4, 0.5) is 0 Å². The summed E-state index contributed by atoms with van der Waals surface area (Å²) in [5, 5.41) is 0. The number of nitrogens with one attached hydrogen (secondary N) is 1. The minimum Gasteiger partial charge on any atom is -0.342 e. The van der Waals surface area contributed by atoms with E-state index in [4.69, 9.17) is 0 Å². The number of nitrogens with zero attached hydrogens (tertiary/aromatic N) is 1. The summed E-state index contributed by atoms with van der Waals surface area (Å²) in [6, 6.07) is 6.14. The number of rotatable bonds is 0. The molecule has 1 aromatic carbocycles. The van der Waals surface area contributed by atoms with E-state index in [9.17, 15) is 0 Å². The quantitative estimate of drug-likeness (QED) is 0.545. The summed E-state index contributed by atoms with van der Waals surface area (Å²) >= 11 is 0. The molecular weight excluding hydrogens is 212 g/mol. The SMILES string of the molecule is Cc1nc2cc(C#C[Si](C)(C)C)ccc2[nH]1. The molecule has 1 heterocycles. The number of hydrogen-bond acceptors (Lipinski definition) is 1. The van der Waals surface area contributed by atoms with Crippen LogP contribution >= 0.6 is 0 Å². The second kappa shape index (κ2) is 3.80. The van der Waals surface area contributed by atoms with Crippen molar-refractivity contribution in [3.8, 4) is 11.5 Å². The third-order valence-electron chi connectivity index (χ3n) is 2.18. The Morgan fingerprint density at radius 3 is 2.69 bits per heavy atom. The van der Waals surface area contributed by atoms with Gasteiger partial charge in [0.25, 0.3) is 0 Å². The van der Waals surface area contributed by atoms with Crippen LogP contribution in [0, 0.1) is 18.4 Å². The lowest BCUT2D eigenvalue weighted by molar-refractivity contribution is 1.17. The van der Waals surface area contributed by atoms with Gasteiger partial charge in [0.2, 0.25) is 0 Å². The van der Waals surface area contributed by atoms with Crippen LogP contribution in [0.15, 0.2) is 18.2 Å². The Morgan fingerprint density at radius 2 is 2.00 bits per heavy atom. The first-order valence-corrected chi connectivity index (χ1v) is 8.94. The van der Waals surface area contributed by atoms with Crippen LogP contribution in [0.25, 0.3) is 11.0 Å². The third-order valence-corrected chi connectivity index (χ3v) is 3.06. The van der Waals surface area contributed by atoms with E-state index in [0.717, 1.165) is 22.4 Å². The van der Waals surface area contributed by atoms with Gasteiger partial charge in [-0.25, -0.2) is 4.98 Å². The van der Waals surface area contributed by atoms with Crippen LogP contribution in [0.3, 0.4) is 0 Å². The lowest BCUT2D eigenvalue weighted by Crippen LogP contribution is -2.16. The first kappa shape index (κ1) is 11.0. The molecule has 0 aliphatic carbocycles. The highest BCUT2D eigenvalue weighted by atomic mass is 28.3. The van der Waals surface area contributed by atoms with E-state index in [0.29, 0.717) is 0 Å². The first-order valence-electron chi connectivity index (χ1n) is 5.44. The Morgan fingerprint density at radius 1 is 1.25 bits per heavy atom. The Labute approximate surface area is 97.1 Å². The molecule has 1 aromatic heterocycles. The molecule has 0 bridgehead atoms. The second-order valence-electron chi connectivity index (χ2n) is 5.05. The zero-order chi connectivity index (χ0) is 11.8. The molecule has 2 rings (SSSR count). The van der Waals surface area contributed by atoms with Crippen LogP contribution < -0.4 is 0 Å². The molecule has 0 spiro atoms. The van der Waals surface area contributed by atoms with Gasteiger partial charge in [0.1, 0.15) is 13.9 Å². The van der Waals surface area contributed by atoms with Crippen molar-refractivity contribution in [3.63, 3.8) is 0 Å². The normalized spacial score (nSPS) is 11.2. The van der Waals surface area contributed by atoms with Gasteiger partial charge < -0.3 is 4.98 Å². The van der Waals surface area contributed by atoms with E-state index in [1.54, 1.807) is 0 Å². The van der Waals surface area contributed by atoms with Crippen molar-refractivity contribution in [3.05, 3.63) is 29.6 Å². The number of aromatic amines is 1. The van der Waals surface area contributed by atoms with Gasteiger partial charge in [0, 0.05) is 5.56 Å². The molecule has 82 valence electrons. The number of imidazole rings is 1. The maximum atomic E-state index is 4.41. The zero-order valence-electron chi connectivity index (χ0n) is 10.2. The fourth-order valence-electron chi connectivity index (χ4n) is 1.47. The van der Waals surface area contributed by atoms with Crippen molar-refractivity contribution in [2.24, 2.45) is 0 Å². The molecule has 0 amide bonds. The highest BCUT2D eigenvalue weighted by molar-refractivity contribution is 6.83. The van der Waals surface area contributed by atoms with Crippen LogP contribution in [0.1, 0.15) is 11.4 Å². The average molecular weight is 228 g/mol. The predicted molar refractivity (Wildman–Crippen MR) is 71.1 cm³/mol. The third kappa shape index (κ3) is 2.53. The molecule has 0 aliphatic heterocycles. The maximum Gasteiger partial charge on any atom is 0.129 e. The van der Waals surface area contributed by atoms with E-state index in [1.807, 2.05) is 25.1 Å². The summed E-state index contributed by atoms with van der Waals surface area (Å²) in [6.45, 7) is 8.71. The smallest absolute Gasteiger partial charge is 0.129 e. The fraction of sp³-hybridized carbons (Fsp3) is 0.308. The van der Waals surface area contributed by atoms with Crippen molar-refractivity contribution in [2.45, 2.75) is 26.6 Å². The van der Waals surface area contributed by atoms with Crippen LogP contribution in [0.5, 0.6) is 0 Å². The molecule has 1 N–H and O–H groups in total. The highest BCUT2D eigenvalue weighted by Gasteiger charge is 2.07. The van der Waals surface area contributed by atoms with Gasteiger partial charge in [0.05, 0.1) is 11.0 Å². The molecule has 0 aliphatic rings. The summed E-state index contributed by atoms with van der Waals surface area (Å²) in [5.41, 5.74) is 6.50. The molecule has 0 unspecified atom stereocenters. The second-order valence-corrected chi connectivity index (χ2v) is 9.80. The number of hydrogen-bond donors (Lipinski definition) is 1. The van der Waals surface area contributed by atoms with Gasteiger partial charge in [-0.05, 0) is 25.1 Å². The van der Waals surface area contributed by atoms with Crippen molar-refractivity contribution >= 4 is 19.1 Å². The number of aromatic nitrogens is 2. The standard InChI is InChI=1S/C13H16N2Si/c1-10-14-12-6-5-11(9-13(12)15-10)7-8-16(2,3)4/h5-6,9H,1-4H3,(H,14,15). The van der Waals surface area contributed by atoms with E-state index in [1.165, 1.54) is 0 Å². The van der Waals surface area contributed by atoms with Gasteiger partial charge in [-0.2, -0.15) is 0 Å². The molecule has 16 heavy (non-hydrogen) atoms. The summed E-state index contributed by atoms with van der Waals surface area (Å²) in [6.07, 6.45) is 0. The zero-order valence-corrected chi connectivity index (χ0v) is 11.2. The lowest BCUT2D eigenvalue weighted by atomic mass is 10.2. The van der Waals surface area contributed by atoms with Crippen LogP contribution in [0.2, 0.25) is 19.6 Å². The van der Waals surface area contributed by atoms with Gasteiger partial charge in [-0.3, -0.25) is 0 Å². The first-order chi connectivity index (χ1) is 7.44. The van der Waals surface area contributed by atoms with Crippen LogP contribution in [-0.4, -0.2) is 18.0 Å². The van der Waals surface area contributed by atoms with Crippen molar-refractivity contribution in [2.75, 3.05) is 0 Å². The predicted octanol–water partition coefficient (Wildman–Crippen LogP) is 3.10. The largest absolute Gasteiger partial charge is 0.342 e. The molecule has 3 heteroatoms. The Kier molecular flexibility index (Phi) is 2.61. The van der Waals surface area contributed by atoms with E-state index in [2.05, 4.69) is 41.1 Å². The van der Waals surface area contributed by atoms with Crippen LogP contribution in [-0.2, 0) is 0 Å². The molecule has 0 radical (unpaired) electrons. The summed E-state index contributed by atoms with van der Waals surface area (Å²) in [7, 11) is -1.29. The Bertz CT molecular complexity index is 579. The van der Waals surface area contributed by atoms with Crippen molar-refractivity contribution in [1.29, 1.82) is 0 Å². The summed E-state index contributed by atoms with van der Waals surface area (Å²) in [5.74, 6) is 4.19. The van der Waals surface area contributed by atoms with Gasteiger partial charge >= 0.3 is 0 Å². The molecule has 0 atom stereocenters. The molecule has 0 saturated carbocycles.